The van der Waals surface area contributed by atoms with Crippen molar-refractivity contribution in [1.29, 1.82) is 0 Å². The summed E-state index contributed by atoms with van der Waals surface area (Å²) < 4.78 is 0. The van der Waals surface area contributed by atoms with Crippen molar-refractivity contribution in [3.63, 3.8) is 0 Å². The lowest BCUT2D eigenvalue weighted by atomic mass is 10.0. The molecule has 100 valence electrons. The predicted molar refractivity (Wildman–Crippen MR) is 81.9 cm³/mol. The second kappa shape index (κ2) is 5.20. The molecule has 1 aliphatic rings. The minimum absolute atomic E-state index is 0.706. The van der Waals surface area contributed by atoms with Crippen molar-refractivity contribution in [3.05, 3.63) is 35.5 Å². The minimum Gasteiger partial charge on any atom is -0.385 e. The van der Waals surface area contributed by atoms with E-state index in [1.807, 2.05) is 0 Å². The molecule has 0 bridgehead atoms. The summed E-state index contributed by atoms with van der Waals surface area (Å²) in [5.74, 6) is 0.706. The Balaban J connectivity index is 2.10. The van der Waals surface area contributed by atoms with Crippen LogP contribution in [0.25, 0.3) is 10.9 Å². The number of aryl methyl sites for hydroxylation is 1. The molecule has 1 saturated carbocycles. The van der Waals surface area contributed by atoms with Gasteiger partial charge in [-0.2, -0.15) is 0 Å². The molecule has 1 aromatic carbocycles. The second-order valence-electron chi connectivity index (χ2n) is 5.50. The lowest BCUT2D eigenvalue weighted by Gasteiger charge is -2.11. The molecule has 1 aromatic heterocycles. The number of rotatable bonds is 5. The Labute approximate surface area is 115 Å². The molecular weight excluding hydrogens is 232 g/mol. The molecule has 0 aliphatic heterocycles. The third-order valence-electron chi connectivity index (χ3n) is 3.79. The highest BCUT2D eigenvalue weighted by Crippen LogP contribution is 2.41. The first kappa shape index (κ1) is 12.5. The van der Waals surface area contributed by atoms with Crippen LogP contribution in [0.5, 0.6) is 0 Å². The molecule has 0 amide bonds. The number of pyridine rings is 1. The van der Waals surface area contributed by atoms with Crippen molar-refractivity contribution >= 4 is 16.6 Å². The van der Waals surface area contributed by atoms with Crippen LogP contribution in [0.2, 0.25) is 0 Å². The lowest BCUT2D eigenvalue weighted by molar-refractivity contribution is 0.923. The first-order valence-electron chi connectivity index (χ1n) is 7.49. The Morgan fingerprint density at radius 3 is 2.74 bits per heavy atom. The fourth-order valence-electron chi connectivity index (χ4n) is 2.66. The molecule has 0 saturated heterocycles. The van der Waals surface area contributed by atoms with Crippen LogP contribution in [0.4, 0.5) is 5.69 Å². The quantitative estimate of drug-likeness (QED) is 0.850. The van der Waals surface area contributed by atoms with Crippen molar-refractivity contribution in [2.45, 2.75) is 45.4 Å². The van der Waals surface area contributed by atoms with E-state index in [1.54, 1.807) is 0 Å². The highest BCUT2D eigenvalue weighted by molar-refractivity contribution is 5.92. The van der Waals surface area contributed by atoms with Crippen LogP contribution in [-0.2, 0) is 6.42 Å². The molecule has 2 aromatic rings. The molecule has 1 heterocycles. The summed E-state index contributed by atoms with van der Waals surface area (Å²) in [7, 11) is 0. The maximum atomic E-state index is 4.84. The summed E-state index contributed by atoms with van der Waals surface area (Å²) in [4.78, 5) is 4.84. The summed E-state index contributed by atoms with van der Waals surface area (Å²) in [5.41, 5.74) is 5.08. The van der Waals surface area contributed by atoms with Crippen molar-refractivity contribution < 1.29 is 0 Å². The zero-order valence-corrected chi connectivity index (χ0v) is 11.9. The largest absolute Gasteiger partial charge is 0.385 e. The molecule has 0 spiro atoms. The van der Waals surface area contributed by atoms with Crippen LogP contribution >= 0.6 is 0 Å². The fourth-order valence-corrected chi connectivity index (χ4v) is 2.66. The molecule has 0 unspecified atom stereocenters. The molecule has 19 heavy (non-hydrogen) atoms. The van der Waals surface area contributed by atoms with E-state index < -0.39 is 0 Å². The van der Waals surface area contributed by atoms with Gasteiger partial charge in [-0.1, -0.05) is 19.4 Å². The molecule has 2 nitrogen and oxygen atoms in total. The number of fused-ring (bicyclic) bond motifs is 1. The number of anilines is 1. The molecule has 3 rings (SSSR count). The summed E-state index contributed by atoms with van der Waals surface area (Å²) in [6.45, 7) is 5.34. The summed E-state index contributed by atoms with van der Waals surface area (Å²) in [5, 5.41) is 4.78. The average Bonchev–Trinajstić information content (AvgIpc) is 3.24. The SMILES string of the molecule is CCCc1ccc2nc(C3CC3)cc(NCC)c2c1. The van der Waals surface area contributed by atoms with Crippen LogP contribution in [0.15, 0.2) is 24.3 Å². The molecule has 2 heteroatoms. The van der Waals surface area contributed by atoms with Crippen LogP contribution in [-0.4, -0.2) is 11.5 Å². The monoisotopic (exact) mass is 254 g/mol. The standard InChI is InChI=1S/C17H22N2/c1-3-5-12-6-9-15-14(10-12)17(18-4-2)11-16(19-15)13-7-8-13/h6,9-11,13H,3-5,7-8H2,1-2H3,(H,18,19). The first-order valence-corrected chi connectivity index (χ1v) is 7.49. The molecule has 0 radical (unpaired) electrons. The van der Waals surface area contributed by atoms with E-state index >= 15 is 0 Å². The summed E-state index contributed by atoms with van der Waals surface area (Å²) in [6.07, 6.45) is 4.94. The number of nitrogens with zero attached hydrogens (tertiary/aromatic N) is 1. The molecule has 1 N–H and O–H groups in total. The van der Waals surface area contributed by atoms with Gasteiger partial charge in [0.2, 0.25) is 0 Å². The Morgan fingerprint density at radius 1 is 1.21 bits per heavy atom. The van der Waals surface area contributed by atoms with Gasteiger partial charge in [0.25, 0.3) is 0 Å². The zero-order chi connectivity index (χ0) is 13.2. The minimum atomic E-state index is 0.706. The Morgan fingerprint density at radius 2 is 2.05 bits per heavy atom. The predicted octanol–water partition coefficient (Wildman–Crippen LogP) is 4.50. The lowest BCUT2D eigenvalue weighted by Crippen LogP contribution is -2.00. The van der Waals surface area contributed by atoms with Crippen LogP contribution in [0.3, 0.4) is 0 Å². The van der Waals surface area contributed by atoms with Gasteiger partial charge in [0, 0.05) is 29.2 Å². The third kappa shape index (κ3) is 2.58. The highest BCUT2D eigenvalue weighted by Gasteiger charge is 2.25. The maximum Gasteiger partial charge on any atom is 0.0726 e. The van der Waals surface area contributed by atoms with Gasteiger partial charge in [-0.3, -0.25) is 4.98 Å². The van der Waals surface area contributed by atoms with Gasteiger partial charge in [-0.25, -0.2) is 0 Å². The summed E-state index contributed by atoms with van der Waals surface area (Å²) in [6, 6.07) is 8.98. The third-order valence-corrected chi connectivity index (χ3v) is 3.79. The van der Waals surface area contributed by atoms with Gasteiger partial charge >= 0.3 is 0 Å². The average molecular weight is 254 g/mol. The normalized spacial score (nSPS) is 14.8. The number of benzene rings is 1. The Hall–Kier alpha value is -1.57. The second-order valence-corrected chi connectivity index (χ2v) is 5.50. The van der Waals surface area contributed by atoms with E-state index in [1.165, 1.54) is 41.6 Å². The number of nitrogens with one attached hydrogen (secondary N) is 1. The number of aromatic nitrogens is 1. The maximum absolute atomic E-state index is 4.84. The van der Waals surface area contributed by atoms with Gasteiger partial charge in [0.15, 0.2) is 0 Å². The Bertz CT molecular complexity index is 585. The fraction of sp³-hybridized carbons (Fsp3) is 0.471. The van der Waals surface area contributed by atoms with E-state index in [0.717, 1.165) is 18.5 Å². The van der Waals surface area contributed by atoms with E-state index in [9.17, 15) is 0 Å². The topological polar surface area (TPSA) is 24.9 Å². The number of hydrogen-bond acceptors (Lipinski definition) is 2. The highest BCUT2D eigenvalue weighted by atomic mass is 14.9. The molecule has 0 atom stereocenters. The van der Waals surface area contributed by atoms with Gasteiger partial charge in [0.1, 0.15) is 0 Å². The van der Waals surface area contributed by atoms with Gasteiger partial charge < -0.3 is 5.32 Å². The van der Waals surface area contributed by atoms with Gasteiger partial charge in [-0.05, 0) is 49.9 Å². The molecular formula is C17H22N2. The smallest absolute Gasteiger partial charge is 0.0726 e. The molecule has 1 fully saturated rings. The zero-order valence-electron chi connectivity index (χ0n) is 11.9. The van der Waals surface area contributed by atoms with Crippen LogP contribution in [0.1, 0.15) is 50.3 Å². The van der Waals surface area contributed by atoms with Crippen molar-refractivity contribution in [2.75, 3.05) is 11.9 Å². The van der Waals surface area contributed by atoms with E-state index in [2.05, 4.69) is 43.4 Å². The number of hydrogen-bond donors (Lipinski definition) is 1. The van der Waals surface area contributed by atoms with Crippen LogP contribution < -0.4 is 5.32 Å². The first-order chi connectivity index (χ1) is 9.31. The summed E-state index contributed by atoms with van der Waals surface area (Å²) >= 11 is 0. The van der Waals surface area contributed by atoms with Crippen molar-refractivity contribution in [1.82, 2.24) is 4.98 Å². The Kier molecular flexibility index (Phi) is 3.41. The van der Waals surface area contributed by atoms with Gasteiger partial charge in [-0.15, -0.1) is 0 Å². The van der Waals surface area contributed by atoms with Gasteiger partial charge in [0.05, 0.1) is 5.52 Å². The van der Waals surface area contributed by atoms with E-state index in [-0.39, 0.29) is 0 Å². The van der Waals surface area contributed by atoms with E-state index in [4.69, 9.17) is 4.98 Å². The van der Waals surface area contributed by atoms with E-state index in [0.29, 0.717) is 5.92 Å². The van der Waals surface area contributed by atoms with Crippen molar-refractivity contribution in [2.24, 2.45) is 0 Å². The molecule has 1 aliphatic carbocycles. The van der Waals surface area contributed by atoms with Crippen LogP contribution in [0, 0.1) is 0 Å². The van der Waals surface area contributed by atoms with Crippen molar-refractivity contribution in [3.8, 4) is 0 Å².